The molecule has 0 aliphatic carbocycles. The number of aromatic nitrogens is 2. The predicted octanol–water partition coefficient (Wildman–Crippen LogP) is 2.74. The highest BCUT2D eigenvalue weighted by Gasteiger charge is 2.18. The van der Waals surface area contributed by atoms with Gasteiger partial charge >= 0.3 is 5.97 Å². The van der Waals surface area contributed by atoms with E-state index in [1.807, 2.05) is 6.07 Å². The number of aromatic carboxylic acids is 1. The maximum Gasteiger partial charge on any atom is 0.339 e. The third-order valence-electron chi connectivity index (χ3n) is 3.80. The summed E-state index contributed by atoms with van der Waals surface area (Å²) in [7, 11) is 1.64. The second kappa shape index (κ2) is 6.64. The molecule has 0 bridgehead atoms. The van der Waals surface area contributed by atoms with Gasteiger partial charge < -0.3 is 14.4 Å². The molecule has 0 atom stereocenters. The molecule has 1 N–H and O–H groups in total. The summed E-state index contributed by atoms with van der Waals surface area (Å²) in [5.41, 5.74) is 1.40. The molecule has 0 aliphatic rings. The monoisotopic (exact) mass is 339 g/mol. The van der Waals surface area contributed by atoms with Crippen molar-refractivity contribution >= 4 is 11.9 Å². The highest BCUT2D eigenvalue weighted by atomic mass is 16.4. The van der Waals surface area contributed by atoms with Crippen molar-refractivity contribution in [3.63, 3.8) is 0 Å². The van der Waals surface area contributed by atoms with Crippen LogP contribution in [0.1, 0.15) is 32.2 Å². The van der Waals surface area contributed by atoms with Crippen LogP contribution in [0.5, 0.6) is 0 Å². The molecule has 0 saturated heterocycles. The Balaban J connectivity index is 1.78. The van der Waals surface area contributed by atoms with Gasteiger partial charge in [0, 0.05) is 25.0 Å². The lowest BCUT2D eigenvalue weighted by Gasteiger charge is -2.16. The van der Waals surface area contributed by atoms with E-state index in [9.17, 15) is 9.59 Å². The fraction of sp³-hybridized carbons (Fsp3) is 0.167. The third kappa shape index (κ3) is 3.45. The van der Waals surface area contributed by atoms with Crippen molar-refractivity contribution in [1.29, 1.82) is 0 Å². The van der Waals surface area contributed by atoms with Crippen LogP contribution >= 0.6 is 0 Å². The van der Waals surface area contributed by atoms with E-state index in [-0.39, 0.29) is 18.0 Å². The van der Waals surface area contributed by atoms with Gasteiger partial charge in [0.05, 0.1) is 12.2 Å². The minimum atomic E-state index is -1.05. The van der Waals surface area contributed by atoms with Crippen LogP contribution in [0.25, 0.3) is 5.69 Å². The lowest BCUT2D eigenvalue weighted by Crippen LogP contribution is -2.26. The van der Waals surface area contributed by atoms with Crippen LogP contribution in [0.3, 0.4) is 0 Å². The number of rotatable bonds is 5. The number of benzene rings is 1. The number of carboxylic acids is 1. The van der Waals surface area contributed by atoms with Gasteiger partial charge in [-0.25, -0.2) is 9.48 Å². The van der Waals surface area contributed by atoms with Gasteiger partial charge in [0.25, 0.3) is 5.91 Å². The van der Waals surface area contributed by atoms with Crippen LogP contribution in [-0.4, -0.2) is 38.7 Å². The van der Waals surface area contributed by atoms with Gasteiger partial charge in [-0.05, 0) is 37.3 Å². The third-order valence-corrected chi connectivity index (χ3v) is 3.80. The molecule has 1 aromatic carbocycles. The minimum Gasteiger partial charge on any atom is -0.478 e. The van der Waals surface area contributed by atoms with Gasteiger partial charge in [-0.1, -0.05) is 6.07 Å². The Bertz CT molecular complexity index is 912. The summed E-state index contributed by atoms with van der Waals surface area (Å²) in [6, 6.07) is 10.4. The summed E-state index contributed by atoms with van der Waals surface area (Å²) >= 11 is 0. The van der Waals surface area contributed by atoms with Crippen LogP contribution in [-0.2, 0) is 6.54 Å². The van der Waals surface area contributed by atoms with E-state index >= 15 is 0 Å². The van der Waals surface area contributed by atoms with Crippen molar-refractivity contribution in [3.8, 4) is 5.69 Å². The molecular formula is C18H17N3O4. The minimum absolute atomic E-state index is 0.108. The molecule has 25 heavy (non-hydrogen) atoms. The zero-order chi connectivity index (χ0) is 18.0. The normalized spacial score (nSPS) is 10.6. The van der Waals surface area contributed by atoms with E-state index in [1.54, 1.807) is 55.3 Å². The van der Waals surface area contributed by atoms with Crippen molar-refractivity contribution in [2.45, 2.75) is 13.5 Å². The van der Waals surface area contributed by atoms with Gasteiger partial charge in [0.2, 0.25) is 0 Å². The highest BCUT2D eigenvalue weighted by Crippen LogP contribution is 2.18. The molecule has 7 nitrogen and oxygen atoms in total. The summed E-state index contributed by atoms with van der Waals surface area (Å²) in [6.07, 6.45) is 3.46. The molecule has 2 aromatic heterocycles. The molecule has 128 valence electrons. The van der Waals surface area contributed by atoms with Crippen LogP contribution in [0.4, 0.5) is 0 Å². The first-order valence-corrected chi connectivity index (χ1v) is 7.64. The lowest BCUT2D eigenvalue weighted by atomic mass is 10.1. The molecule has 0 saturated carbocycles. The summed E-state index contributed by atoms with van der Waals surface area (Å²) in [4.78, 5) is 25.2. The number of carbonyl (C=O) groups is 2. The second-order valence-corrected chi connectivity index (χ2v) is 5.65. The van der Waals surface area contributed by atoms with Gasteiger partial charge in [0.15, 0.2) is 0 Å². The van der Waals surface area contributed by atoms with E-state index in [0.717, 1.165) is 5.69 Å². The van der Waals surface area contributed by atoms with E-state index in [1.165, 1.54) is 11.0 Å². The van der Waals surface area contributed by atoms with E-state index in [2.05, 4.69) is 5.10 Å². The molecular weight excluding hydrogens is 322 g/mol. The average molecular weight is 339 g/mol. The number of carbonyl (C=O) groups excluding carboxylic acids is 1. The van der Waals surface area contributed by atoms with Crippen molar-refractivity contribution in [1.82, 2.24) is 14.7 Å². The Labute approximate surface area is 144 Å². The van der Waals surface area contributed by atoms with Crippen LogP contribution < -0.4 is 0 Å². The molecule has 0 spiro atoms. The van der Waals surface area contributed by atoms with Crippen molar-refractivity contribution in [3.05, 3.63) is 71.4 Å². The number of nitrogens with zero attached hydrogens (tertiary/aromatic N) is 3. The highest BCUT2D eigenvalue weighted by molar-refractivity contribution is 5.94. The summed E-state index contributed by atoms with van der Waals surface area (Å²) < 4.78 is 7.10. The quantitative estimate of drug-likeness (QED) is 0.772. The largest absolute Gasteiger partial charge is 0.478 e. The average Bonchev–Trinajstić information content (AvgIpc) is 3.24. The zero-order valence-electron chi connectivity index (χ0n) is 13.8. The molecule has 0 radical (unpaired) electrons. The molecule has 7 heteroatoms. The van der Waals surface area contributed by atoms with Crippen molar-refractivity contribution < 1.29 is 19.1 Å². The fourth-order valence-corrected chi connectivity index (χ4v) is 2.56. The van der Waals surface area contributed by atoms with Gasteiger partial charge in [-0.3, -0.25) is 4.79 Å². The van der Waals surface area contributed by atoms with Crippen molar-refractivity contribution in [2.24, 2.45) is 0 Å². The number of hydrogen-bond acceptors (Lipinski definition) is 4. The first kappa shape index (κ1) is 16.5. The lowest BCUT2D eigenvalue weighted by molar-refractivity contribution is 0.0694. The van der Waals surface area contributed by atoms with Crippen LogP contribution in [0, 0.1) is 6.92 Å². The SMILES string of the molecule is Cc1oc(CN(C)C(=O)c2cccc(-n3cccn3)c2)cc1C(=O)O. The first-order valence-electron chi connectivity index (χ1n) is 7.64. The fourth-order valence-electron chi connectivity index (χ4n) is 2.56. The Morgan fingerprint density at radius 3 is 2.72 bits per heavy atom. The number of carboxylic acid groups (broad SMARTS) is 1. The standard InChI is InChI=1S/C18H17N3O4/c1-12-16(18(23)24)10-15(25-12)11-20(2)17(22)13-5-3-6-14(9-13)21-8-4-7-19-21/h3-10H,11H2,1-2H3,(H,23,24). The maximum absolute atomic E-state index is 12.6. The molecule has 3 aromatic rings. The van der Waals surface area contributed by atoms with Gasteiger partial charge in [-0.15, -0.1) is 0 Å². The number of hydrogen-bond donors (Lipinski definition) is 1. The summed E-state index contributed by atoms with van der Waals surface area (Å²) in [5.74, 6) is -0.494. The van der Waals surface area contributed by atoms with E-state index in [0.29, 0.717) is 17.1 Å². The Morgan fingerprint density at radius 1 is 1.28 bits per heavy atom. The zero-order valence-corrected chi connectivity index (χ0v) is 13.8. The molecule has 0 fully saturated rings. The van der Waals surface area contributed by atoms with Gasteiger partial charge in [0.1, 0.15) is 17.1 Å². The van der Waals surface area contributed by atoms with Crippen LogP contribution in [0.2, 0.25) is 0 Å². The predicted molar refractivity (Wildman–Crippen MR) is 89.8 cm³/mol. The Kier molecular flexibility index (Phi) is 4.38. The summed E-state index contributed by atoms with van der Waals surface area (Å²) in [6.45, 7) is 1.77. The number of aryl methyl sites for hydroxylation is 1. The molecule has 0 unspecified atom stereocenters. The topological polar surface area (TPSA) is 88.6 Å². The number of amides is 1. The van der Waals surface area contributed by atoms with Gasteiger partial charge in [-0.2, -0.15) is 5.10 Å². The Morgan fingerprint density at radius 2 is 2.08 bits per heavy atom. The van der Waals surface area contributed by atoms with Crippen molar-refractivity contribution in [2.75, 3.05) is 7.05 Å². The maximum atomic E-state index is 12.6. The smallest absolute Gasteiger partial charge is 0.339 e. The number of furan rings is 1. The molecule has 3 rings (SSSR count). The first-order chi connectivity index (χ1) is 12.0. The van der Waals surface area contributed by atoms with Crippen LogP contribution in [0.15, 0.2) is 53.2 Å². The molecule has 1 amide bonds. The molecule has 2 heterocycles. The Hall–Kier alpha value is -3.35. The second-order valence-electron chi connectivity index (χ2n) is 5.65. The van der Waals surface area contributed by atoms with E-state index < -0.39 is 5.97 Å². The van der Waals surface area contributed by atoms with E-state index in [4.69, 9.17) is 9.52 Å². The molecule has 0 aliphatic heterocycles. The summed E-state index contributed by atoms with van der Waals surface area (Å²) in [5, 5.41) is 13.2.